The zero-order valence-corrected chi connectivity index (χ0v) is 24.8. The van der Waals surface area contributed by atoms with E-state index < -0.39 is 18.0 Å². The van der Waals surface area contributed by atoms with Crippen LogP contribution in [-0.4, -0.2) is 42.2 Å². The summed E-state index contributed by atoms with van der Waals surface area (Å²) < 4.78 is 17.0. The minimum absolute atomic E-state index is 0.266. The van der Waals surface area contributed by atoms with Gasteiger partial charge in [-0.3, -0.25) is 4.79 Å². The summed E-state index contributed by atoms with van der Waals surface area (Å²) in [6, 6.07) is 27.4. The first-order valence-electron chi connectivity index (χ1n) is 13.3. The summed E-state index contributed by atoms with van der Waals surface area (Å²) in [6.45, 7) is 1.78. The van der Waals surface area contributed by atoms with E-state index in [9.17, 15) is 9.59 Å². The summed E-state index contributed by atoms with van der Waals surface area (Å²) in [6.07, 6.45) is -0.666. The van der Waals surface area contributed by atoms with Crippen molar-refractivity contribution in [2.75, 3.05) is 19.5 Å². The van der Waals surface area contributed by atoms with Crippen molar-refractivity contribution in [1.29, 1.82) is 0 Å². The molecule has 0 spiro atoms. The normalized spacial score (nSPS) is 11.5. The van der Waals surface area contributed by atoms with Gasteiger partial charge in [0.2, 0.25) is 0 Å². The Bertz CT molecular complexity index is 1740. The number of anilines is 1. The van der Waals surface area contributed by atoms with E-state index in [1.54, 1.807) is 45.4 Å². The number of carbonyl (C=O) groups excluding carboxylic acids is 2. The Hall–Kier alpha value is -4.76. The Kier molecular flexibility index (Phi) is 8.78. The molecule has 8 nitrogen and oxygen atoms in total. The van der Waals surface area contributed by atoms with E-state index >= 15 is 0 Å². The molecular weight excluding hydrogens is 598 g/mol. The Labute approximate surface area is 251 Å². The first kappa shape index (κ1) is 28.8. The molecular formula is C33H28BrN3O5. The van der Waals surface area contributed by atoms with Crippen LogP contribution in [0.4, 0.5) is 5.69 Å². The topological polar surface area (TPSA) is 99.6 Å². The molecule has 0 aliphatic carbocycles. The molecule has 1 atom stereocenters. The summed E-state index contributed by atoms with van der Waals surface area (Å²) in [4.78, 5) is 35.9. The number of carbonyl (C=O) groups is 2. The van der Waals surface area contributed by atoms with Crippen LogP contribution in [0.15, 0.2) is 95.5 Å². The van der Waals surface area contributed by atoms with Gasteiger partial charge in [0.25, 0.3) is 5.91 Å². The Balaban J connectivity index is 1.47. The van der Waals surface area contributed by atoms with E-state index in [2.05, 4.69) is 21.2 Å². The predicted octanol–water partition coefficient (Wildman–Crippen LogP) is 7.32. The zero-order chi connectivity index (χ0) is 29.6. The van der Waals surface area contributed by atoms with Crippen LogP contribution in [0.3, 0.4) is 0 Å². The number of hydrogen-bond donors (Lipinski definition) is 1. The summed E-state index contributed by atoms with van der Waals surface area (Å²) in [5, 5.41) is 2.81. The van der Waals surface area contributed by atoms with Crippen molar-refractivity contribution in [3.05, 3.63) is 101 Å². The molecule has 0 saturated carbocycles. The van der Waals surface area contributed by atoms with Crippen molar-refractivity contribution >= 4 is 44.5 Å². The second kappa shape index (κ2) is 12.8. The maximum atomic E-state index is 13.2. The fourth-order valence-corrected chi connectivity index (χ4v) is 4.76. The van der Waals surface area contributed by atoms with E-state index in [4.69, 9.17) is 24.2 Å². The second-order valence-corrected chi connectivity index (χ2v) is 10.2. The van der Waals surface area contributed by atoms with Crippen LogP contribution in [-0.2, 0) is 9.53 Å². The average Bonchev–Trinajstić information content (AvgIpc) is 3.03. The number of amides is 1. The number of ether oxygens (including phenoxy) is 3. The lowest BCUT2D eigenvalue weighted by molar-refractivity contribution is -0.124. The molecule has 5 rings (SSSR count). The number of rotatable bonds is 9. The molecule has 1 heterocycles. The van der Waals surface area contributed by atoms with Crippen molar-refractivity contribution in [2.45, 2.75) is 19.4 Å². The molecule has 42 heavy (non-hydrogen) atoms. The first-order chi connectivity index (χ1) is 20.4. The molecule has 212 valence electrons. The largest absolute Gasteiger partial charge is 0.497 e. The number of benzene rings is 4. The SMILES string of the molecule is CCC(OC(=O)c1ccc2nc(-c3ccc(OC)cc3)c(-c3ccc(OC)cc3)nc2c1)C(=O)Nc1ccccc1Br. The highest BCUT2D eigenvalue weighted by Crippen LogP contribution is 2.33. The van der Waals surface area contributed by atoms with E-state index in [0.717, 1.165) is 27.1 Å². The maximum Gasteiger partial charge on any atom is 0.338 e. The quantitative estimate of drug-likeness (QED) is 0.171. The van der Waals surface area contributed by atoms with Gasteiger partial charge < -0.3 is 19.5 Å². The van der Waals surface area contributed by atoms with Gasteiger partial charge in [0.1, 0.15) is 11.5 Å². The van der Waals surface area contributed by atoms with Gasteiger partial charge in [0.15, 0.2) is 6.10 Å². The Morgan fingerprint density at radius 3 is 1.90 bits per heavy atom. The molecule has 1 unspecified atom stereocenters. The molecule has 5 aromatic rings. The molecule has 9 heteroatoms. The maximum absolute atomic E-state index is 13.2. The molecule has 4 aromatic carbocycles. The van der Waals surface area contributed by atoms with Crippen molar-refractivity contribution in [3.8, 4) is 34.0 Å². The summed E-state index contributed by atoms with van der Waals surface area (Å²) in [7, 11) is 3.23. The highest BCUT2D eigenvalue weighted by atomic mass is 79.9. The average molecular weight is 627 g/mol. The van der Waals surface area contributed by atoms with Crippen molar-refractivity contribution in [1.82, 2.24) is 9.97 Å². The number of para-hydroxylation sites is 1. The Morgan fingerprint density at radius 2 is 1.36 bits per heavy atom. The molecule has 0 aliphatic heterocycles. The van der Waals surface area contributed by atoms with Gasteiger partial charge in [-0.15, -0.1) is 0 Å². The third-order valence-corrected chi connectivity index (χ3v) is 7.36. The third kappa shape index (κ3) is 6.26. The number of nitrogens with zero attached hydrogens (tertiary/aromatic N) is 2. The van der Waals surface area contributed by atoms with Gasteiger partial charge in [-0.2, -0.15) is 0 Å². The lowest BCUT2D eigenvalue weighted by Crippen LogP contribution is -2.32. The van der Waals surface area contributed by atoms with Crippen molar-refractivity contribution in [2.24, 2.45) is 0 Å². The van der Waals surface area contributed by atoms with Crippen LogP contribution in [0.5, 0.6) is 11.5 Å². The molecule has 0 radical (unpaired) electrons. The number of esters is 1. The van der Waals surface area contributed by atoms with Crippen LogP contribution in [0, 0.1) is 0 Å². The summed E-state index contributed by atoms with van der Waals surface area (Å²) in [5.41, 5.74) is 4.99. The third-order valence-electron chi connectivity index (χ3n) is 6.67. The van der Waals surface area contributed by atoms with Gasteiger partial charge in [-0.05, 0) is 101 Å². The summed E-state index contributed by atoms with van der Waals surface area (Å²) in [5.74, 6) is 0.414. The van der Waals surface area contributed by atoms with Gasteiger partial charge in [-0.1, -0.05) is 19.1 Å². The highest BCUT2D eigenvalue weighted by molar-refractivity contribution is 9.10. The van der Waals surface area contributed by atoms with Gasteiger partial charge in [0.05, 0.1) is 47.9 Å². The number of halogens is 1. The second-order valence-electron chi connectivity index (χ2n) is 9.35. The minimum atomic E-state index is -0.973. The number of nitrogens with one attached hydrogen (secondary N) is 1. The first-order valence-corrected chi connectivity index (χ1v) is 14.1. The molecule has 1 amide bonds. The van der Waals surface area contributed by atoms with Crippen LogP contribution in [0.25, 0.3) is 33.5 Å². The van der Waals surface area contributed by atoms with Crippen molar-refractivity contribution < 1.29 is 23.8 Å². The Morgan fingerprint density at radius 1 is 0.786 bits per heavy atom. The predicted molar refractivity (Wildman–Crippen MR) is 166 cm³/mol. The minimum Gasteiger partial charge on any atom is -0.497 e. The lowest BCUT2D eigenvalue weighted by atomic mass is 10.0. The van der Waals surface area contributed by atoms with Crippen LogP contribution in [0.1, 0.15) is 23.7 Å². The zero-order valence-electron chi connectivity index (χ0n) is 23.3. The highest BCUT2D eigenvalue weighted by Gasteiger charge is 2.23. The van der Waals surface area contributed by atoms with Crippen LogP contribution >= 0.6 is 15.9 Å². The van der Waals surface area contributed by atoms with E-state index in [1.807, 2.05) is 66.7 Å². The molecule has 1 N–H and O–H groups in total. The van der Waals surface area contributed by atoms with Crippen molar-refractivity contribution in [3.63, 3.8) is 0 Å². The monoisotopic (exact) mass is 625 g/mol. The van der Waals surface area contributed by atoms with Crippen LogP contribution in [0.2, 0.25) is 0 Å². The smallest absolute Gasteiger partial charge is 0.338 e. The fourth-order valence-electron chi connectivity index (χ4n) is 4.38. The van der Waals surface area contributed by atoms with Gasteiger partial charge in [0, 0.05) is 15.6 Å². The van der Waals surface area contributed by atoms with E-state index in [1.165, 1.54) is 0 Å². The number of hydrogen-bond acceptors (Lipinski definition) is 7. The molecule has 0 fully saturated rings. The number of fused-ring (bicyclic) bond motifs is 1. The standard InChI is InChI=1S/C33H28BrN3O5/c1-4-29(32(38)37-26-8-6-5-7-25(26)34)42-33(39)22-13-18-27-28(19-22)36-31(21-11-16-24(41-3)17-12-21)30(35-27)20-9-14-23(40-2)15-10-20/h5-19,29H,4H2,1-3H3,(H,37,38). The van der Waals surface area contributed by atoms with Crippen LogP contribution < -0.4 is 14.8 Å². The number of methoxy groups -OCH3 is 2. The van der Waals surface area contributed by atoms with Gasteiger partial charge in [-0.25, -0.2) is 14.8 Å². The molecule has 0 aliphatic rings. The molecule has 0 saturated heterocycles. The van der Waals surface area contributed by atoms with E-state index in [-0.39, 0.29) is 5.56 Å². The number of aromatic nitrogens is 2. The lowest BCUT2D eigenvalue weighted by Gasteiger charge is -2.17. The molecule has 0 bridgehead atoms. The molecule has 1 aromatic heterocycles. The van der Waals surface area contributed by atoms with E-state index in [0.29, 0.717) is 34.5 Å². The fraction of sp³-hybridized carbons (Fsp3) is 0.152. The van der Waals surface area contributed by atoms with Gasteiger partial charge >= 0.3 is 5.97 Å². The summed E-state index contributed by atoms with van der Waals surface area (Å²) >= 11 is 3.42.